The Morgan fingerprint density at radius 3 is 1.71 bits per heavy atom. The highest BCUT2D eigenvalue weighted by molar-refractivity contribution is 7.79. The first-order valence-corrected chi connectivity index (χ1v) is 13.7. The lowest BCUT2D eigenvalue weighted by Gasteiger charge is -2.31. The van der Waals surface area contributed by atoms with E-state index in [2.05, 4.69) is 98.8 Å². The van der Waals surface area contributed by atoms with Gasteiger partial charge in [-0.2, -0.15) is 0 Å². The van der Waals surface area contributed by atoms with Gasteiger partial charge in [0.15, 0.2) is 0 Å². The number of benzene rings is 4. The lowest BCUT2D eigenvalue weighted by Crippen LogP contribution is -2.34. The van der Waals surface area contributed by atoms with Gasteiger partial charge in [0, 0.05) is 5.56 Å². The summed E-state index contributed by atoms with van der Waals surface area (Å²) >= 11 is 0. The molecule has 0 aliphatic carbocycles. The smallest absolute Gasteiger partial charge is 0.228 e. The van der Waals surface area contributed by atoms with E-state index in [0.29, 0.717) is 0 Å². The molecule has 0 unspecified atom stereocenters. The van der Waals surface area contributed by atoms with E-state index >= 15 is 0 Å². The number of phenolic OH excluding ortho intramolecular Hbond substituents is 1. The molecule has 0 radical (unpaired) electrons. The van der Waals surface area contributed by atoms with Crippen LogP contribution in [0.2, 0.25) is 0 Å². The van der Waals surface area contributed by atoms with E-state index in [4.69, 9.17) is 9.47 Å². The topological polar surface area (TPSA) is 38.7 Å². The van der Waals surface area contributed by atoms with Crippen LogP contribution in [0.3, 0.4) is 0 Å². The van der Waals surface area contributed by atoms with Crippen LogP contribution in [0.25, 0.3) is 0 Å². The molecular formula is C31H29O3P. The molecular weight excluding hydrogens is 451 g/mol. The maximum Gasteiger partial charge on any atom is 0.228 e. The van der Waals surface area contributed by atoms with Crippen molar-refractivity contribution in [3.05, 3.63) is 119 Å². The molecule has 0 saturated carbocycles. The van der Waals surface area contributed by atoms with Gasteiger partial charge in [-0.3, -0.25) is 0 Å². The minimum Gasteiger partial charge on any atom is -0.507 e. The largest absolute Gasteiger partial charge is 0.507 e. The first-order chi connectivity index (χ1) is 17.2. The van der Waals surface area contributed by atoms with Crippen LogP contribution in [-0.2, 0) is 15.3 Å². The van der Waals surface area contributed by atoms with Gasteiger partial charge in [-0.15, -0.1) is 0 Å². The Labute approximate surface area is 208 Å². The normalized spacial score (nSPS) is 22.5. The Morgan fingerprint density at radius 2 is 1.17 bits per heavy atom. The zero-order valence-corrected chi connectivity index (χ0v) is 20.9. The van der Waals surface area contributed by atoms with E-state index in [9.17, 15) is 5.11 Å². The van der Waals surface area contributed by atoms with Crippen molar-refractivity contribution >= 4 is 23.8 Å². The molecule has 4 aromatic carbocycles. The van der Waals surface area contributed by atoms with Gasteiger partial charge in [0.2, 0.25) is 5.79 Å². The molecule has 0 bridgehead atoms. The Hall–Kier alpha value is -2.97. The minimum absolute atomic E-state index is 0.101. The van der Waals surface area contributed by atoms with Crippen LogP contribution < -0.4 is 15.9 Å². The average Bonchev–Trinajstić information content (AvgIpc) is 3.41. The minimum atomic E-state index is -1.11. The molecule has 3 nitrogen and oxygen atoms in total. The van der Waals surface area contributed by atoms with Crippen molar-refractivity contribution < 1.29 is 14.6 Å². The van der Waals surface area contributed by atoms with Crippen LogP contribution in [0, 0.1) is 0 Å². The molecule has 35 heavy (non-hydrogen) atoms. The third-order valence-corrected chi connectivity index (χ3v) is 9.61. The van der Waals surface area contributed by atoms with Gasteiger partial charge in [0.1, 0.15) is 5.75 Å². The van der Waals surface area contributed by atoms with E-state index in [1.807, 2.05) is 6.07 Å². The molecule has 2 heterocycles. The van der Waals surface area contributed by atoms with Crippen LogP contribution in [-0.4, -0.2) is 5.11 Å². The molecule has 0 amide bonds. The van der Waals surface area contributed by atoms with Gasteiger partial charge in [0.25, 0.3) is 0 Å². The van der Waals surface area contributed by atoms with Crippen molar-refractivity contribution in [2.75, 3.05) is 0 Å². The zero-order chi connectivity index (χ0) is 24.0. The summed E-state index contributed by atoms with van der Waals surface area (Å²) in [6.07, 6.45) is 1.41. The summed E-state index contributed by atoms with van der Waals surface area (Å²) < 4.78 is 13.7. The van der Waals surface area contributed by atoms with Gasteiger partial charge < -0.3 is 14.6 Å². The van der Waals surface area contributed by atoms with Crippen molar-refractivity contribution in [2.24, 2.45) is 0 Å². The van der Waals surface area contributed by atoms with Crippen LogP contribution in [0.4, 0.5) is 0 Å². The highest BCUT2D eigenvalue weighted by atomic mass is 31.1. The van der Waals surface area contributed by atoms with Gasteiger partial charge in [-0.1, -0.05) is 105 Å². The van der Waals surface area contributed by atoms with E-state index in [-0.39, 0.29) is 18.0 Å². The molecule has 0 aromatic heterocycles. The van der Waals surface area contributed by atoms with E-state index in [0.717, 1.165) is 35.1 Å². The summed E-state index contributed by atoms with van der Waals surface area (Å²) in [6, 6.07) is 33.7. The monoisotopic (exact) mass is 480 g/mol. The molecule has 4 aromatic rings. The SMILES string of the molecule is CC[C@@H]1O[C@]2(O[C@@H](CC)c3cccc(P(c4ccccc4)c4ccccc4)c32)c2c(O)cccc21. The van der Waals surface area contributed by atoms with Crippen molar-refractivity contribution in [3.63, 3.8) is 0 Å². The predicted octanol–water partition coefficient (Wildman–Crippen LogP) is 6.31. The summed E-state index contributed by atoms with van der Waals surface area (Å²) in [7, 11) is -0.874. The molecule has 6 rings (SSSR count). The highest BCUT2D eigenvalue weighted by Gasteiger charge is 2.56. The lowest BCUT2D eigenvalue weighted by atomic mass is 9.91. The average molecular weight is 481 g/mol. The zero-order valence-electron chi connectivity index (χ0n) is 20.0. The summed E-state index contributed by atoms with van der Waals surface area (Å²) in [5.74, 6) is -0.877. The maximum absolute atomic E-state index is 11.2. The van der Waals surface area contributed by atoms with Gasteiger partial charge in [0.05, 0.1) is 17.8 Å². The summed E-state index contributed by atoms with van der Waals surface area (Å²) in [5.41, 5.74) is 4.03. The fourth-order valence-electron chi connectivity index (χ4n) is 5.66. The second-order valence-electron chi connectivity index (χ2n) is 9.14. The Balaban J connectivity index is 1.66. The fourth-order valence-corrected chi connectivity index (χ4v) is 8.19. The number of phenols is 1. The number of hydrogen-bond donors (Lipinski definition) is 1. The molecule has 3 atom stereocenters. The molecule has 176 valence electrons. The maximum atomic E-state index is 11.2. The molecule has 1 N–H and O–H groups in total. The van der Waals surface area contributed by atoms with Crippen molar-refractivity contribution in [1.82, 2.24) is 0 Å². The third-order valence-electron chi connectivity index (χ3n) is 7.13. The first kappa shape index (κ1) is 22.5. The van der Waals surface area contributed by atoms with E-state index in [1.54, 1.807) is 6.07 Å². The van der Waals surface area contributed by atoms with Crippen LogP contribution in [0.1, 0.15) is 61.2 Å². The number of ether oxygens (including phenoxy) is 2. The van der Waals surface area contributed by atoms with E-state index in [1.165, 1.54) is 15.9 Å². The summed E-state index contributed by atoms with van der Waals surface area (Å²) in [6.45, 7) is 4.27. The standard InChI is InChI=1S/C31H29O3P/c1-3-26-23-17-11-19-25(32)29(23)31(33-26)30-24(27(4-2)34-31)18-12-20-28(30)35(21-13-7-5-8-14-21)22-15-9-6-10-16-22/h5-20,26-27,32H,3-4H2,1-2H3/t26-,27-,31-/m0/s1. The van der Waals surface area contributed by atoms with Crippen molar-refractivity contribution in [3.8, 4) is 5.75 Å². The van der Waals surface area contributed by atoms with Crippen molar-refractivity contribution in [2.45, 2.75) is 44.7 Å². The summed E-state index contributed by atoms with van der Waals surface area (Å²) in [5, 5.41) is 14.9. The van der Waals surface area contributed by atoms with Gasteiger partial charge in [-0.25, -0.2) is 0 Å². The number of hydrogen-bond acceptors (Lipinski definition) is 3. The fraction of sp³-hybridized carbons (Fsp3) is 0.226. The first-order valence-electron chi connectivity index (χ1n) is 12.4. The number of aromatic hydroxyl groups is 1. The molecule has 0 saturated heterocycles. The van der Waals surface area contributed by atoms with Crippen LogP contribution >= 0.6 is 7.92 Å². The summed E-state index contributed by atoms with van der Waals surface area (Å²) in [4.78, 5) is 0. The van der Waals surface area contributed by atoms with E-state index < -0.39 is 13.7 Å². The quantitative estimate of drug-likeness (QED) is 0.340. The Kier molecular flexibility index (Phi) is 5.73. The number of rotatable bonds is 5. The third kappa shape index (κ3) is 3.45. The Morgan fingerprint density at radius 1 is 0.657 bits per heavy atom. The predicted molar refractivity (Wildman–Crippen MR) is 142 cm³/mol. The molecule has 2 aliphatic rings. The van der Waals surface area contributed by atoms with Crippen LogP contribution in [0.15, 0.2) is 97.1 Å². The highest BCUT2D eigenvalue weighted by Crippen LogP contribution is 2.60. The molecule has 2 aliphatic heterocycles. The molecule has 4 heteroatoms. The molecule has 1 spiro atoms. The second-order valence-corrected chi connectivity index (χ2v) is 11.3. The second kappa shape index (κ2) is 8.91. The molecule has 0 fully saturated rings. The Bertz CT molecular complexity index is 1310. The van der Waals surface area contributed by atoms with Gasteiger partial charge in [-0.05, 0) is 53.9 Å². The lowest BCUT2D eigenvalue weighted by molar-refractivity contribution is -0.236. The van der Waals surface area contributed by atoms with Crippen molar-refractivity contribution in [1.29, 1.82) is 0 Å². The number of fused-ring (bicyclic) bond motifs is 4. The van der Waals surface area contributed by atoms with Crippen LogP contribution in [0.5, 0.6) is 5.75 Å². The van der Waals surface area contributed by atoms with Gasteiger partial charge >= 0.3 is 0 Å².